The van der Waals surface area contributed by atoms with Crippen LogP contribution in [0.3, 0.4) is 0 Å². The number of rotatable bonds is 3. The highest BCUT2D eigenvalue weighted by molar-refractivity contribution is 6.33. The summed E-state index contributed by atoms with van der Waals surface area (Å²) >= 11 is 5.89. The number of nitrogens with zero attached hydrogens (tertiary/aromatic N) is 1. The van der Waals surface area contributed by atoms with E-state index in [9.17, 15) is 9.59 Å². The second kappa shape index (κ2) is 5.93. The summed E-state index contributed by atoms with van der Waals surface area (Å²) in [6.07, 6.45) is 2.01. The summed E-state index contributed by atoms with van der Waals surface area (Å²) in [5, 5.41) is 0.221. The van der Waals surface area contributed by atoms with Crippen molar-refractivity contribution in [2.45, 2.75) is 12.8 Å². The lowest BCUT2D eigenvalue weighted by Crippen LogP contribution is -2.32. The number of carbonyl (C=O) groups is 2. The van der Waals surface area contributed by atoms with E-state index in [-0.39, 0.29) is 23.1 Å². The second-order valence-corrected chi connectivity index (χ2v) is 4.81. The van der Waals surface area contributed by atoms with E-state index in [0.717, 1.165) is 25.9 Å². The Hall–Kier alpha value is -1.75. The van der Waals surface area contributed by atoms with Crippen molar-refractivity contribution in [1.29, 1.82) is 0 Å². The highest BCUT2D eigenvalue weighted by atomic mass is 35.5. The van der Waals surface area contributed by atoms with Crippen LogP contribution in [0.4, 0.5) is 5.69 Å². The van der Waals surface area contributed by atoms with Gasteiger partial charge >= 0.3 is 5.97 Å². The van der Waals surface area contributed by atoms with Gasteiger partial charge in [-0.05, 0) is 31.0 Å². The van der Waals surface area contributed by atoms with Crippen LogP contribution in [0.1, 0.15) is 23.2 Å². The van der Waals surface area contributed by atoms with Gasteiger partial charge in [-0.15, -0.1) is 0 Å². The fourth-order valence-electron chi connectivity index (χ4n) is 1.96. The first kappa shape index (κ1) is 13.7. The summed E-state index contributed by atoms with van der Waals surface area (Å²) in [4.78, 5) is 25.2. The topological polar surface area (TPSA) is 72.6 Å². The monoisotopic (exact) mass is 282 g/mol. The van der Waals surface area contributed by atoms with E-state index in [4.69, 9.17) is 22.1 Å². The van der Waals surface area contributed by atoms with Crippen LogP contribution in [-0.4, -0.2) is 36.5 Å². The van der Waals surface area contributed by atoms with Gasteiger partial charge in [-0.2, -0.15) is 0 Å². The number of amides is 1. The van der Waals surface area contributed by atoms with E-state index < -0.39 is 5.97 Å². The van der Waals surface area contributed by atoms with Gasteiger partial charge in [-0.1, -0.05) is 11.6 Å². The Labute approximate surface area is 116 Å². The number of likely N-dealkylation sites (tertiary alicyclic amines) is 1. The van der Waals surface area contributed by atoms with Crippen molar-refractivity contribution >= 4 is 29.2 Å². The van der Waals surface area contributed by atoms with E-state index in [0.29, 0.717) is 5.69 Å². The van der Waals surface area contributed by atoms with Crippen LogP contribution in [0.2, 0.25) is 5.02 Å². The molecule has 102 valence electrons. The number of ether oxygens (including phenoxy) is 1. The molecule has 1 heterocycles. The van der Waals surface area contributed by atoms with Gasteiger partial charge in [0.15, 0.2) is 6.61 Å². The molecule has 1 aliphatic heterocycles. The van der Waals surface area contributed by atoms with Gasteiger partial charge in [0.25, 0.3) is 5.91 Å². The largest absolute Gasteiger partial charge is 0.452 e. The van der Waals surface area contributed by atoms with E-state index in [1.54, 1.807) is 11.0 Å². The van der Waals surface area contributed by atoms with Crippen molar-refractivity contribution in [3.05, 3.63) is 28.8 Å². The number of hydrogen-bond donors (Lipinski definition) is 1. The van der Waals surface area contributed by atoms with Crippen molar-refractivity contribution in [3.8, 4) is 0 Å². The Morgan fingerprint density at radius 2 is 2.00 bits per heavy atom. The molecule has 5 nitrogen and oxygen atoms in total. The number of esters is 1. The van der Waals surface area contributed by atoms with E-state index >= 15 is 0 Å². The van der Waals surface area contributed by atoms with Gasteiger partial charge in [0.1, 0.15) is 0 Å². The Balaban J connectivity index is 1.92. The van der Waals surface area contributed by atoms with Crippen LogP contribution in [0.15, 0.2) is 18.2 Å². The first-order valence-electron chi connectivity index (χ1n) is 6.08. The van der Waals surface area contributed by atoms with Crippen LogP contribution in [0, 0.1) is 0 Å². The third kappa shape index (κ3) is 3.38. The minimum Gasteiger partial charge on any atom is -0.452 e. The fourth-order valence-corrected chi connectivity index (χ4v) is 2.23. The summed E-state index contributed by atoms with van der Waals surface area (Å²) in [5.41, 5.74) is 6.22. The number of anilines is 1. The Kier molecular flexibility index (Phi) is 4.27. The molecule has 1 amide bonds. The predicted molar refractivity (Wildman–Crippen MR) is 72.0 cm³/mol. The lowest BCUT2D eigenvalue weighted by atomic mass is 10.2. The number of hydrogen-bond acceptors (Lipinski definition) is 4. The van der Waals surface area contributed by atoms with Crippen molar-refractivity contribution in [2.75, 3.05) is 25.4 Å². The summed E-state index contributed by atoms with van der Waals surface area (Å²) in [7, 11) is 0. The van der Waals surface area contributed by atoms with Gasteiger partial charge in [0.2, 0.25) is 0 Å². The van der Waals surface area contributed by atoms with Gasteiger partial charge in [-0.3, -0.25) is 4.79 Å². The average Bonchev–Trinajstić information content (AvgIpc) is 2.89. The molecule has 2 N–H and O–H groups in total. The quantitative estimate of drug-likeness (QED) is 0.676. The highest BCUT2D eigenvalue weighted by Gasteiger charge is 2.20. The predicted octanol–water partition coefficient (Wildman–Crippen LogP) is 1.70. The molecule has 0 radical (unpaired) electrons. The molecule has 1 fully saturated rings. The zero-order chi connectivity index (χ0) is 13.8. The van der Waals surface area contributed by atoms with Crippen LogP contribution in [0.25, 0.3) is 0 Å². The minimum atomic E-state index is -0.613. The maximum atomic E-state index is 11.8. The molecular weight excluding hydrogens is 268 g/mol. The standard InChI is InChI=1S/C13H15ClN2O3/c14-11-7-9(15)3-4-10(11)13(18)19-8-12(17)16-5-1-2-6-16/h3-4,7H,1-2,5-6,8,15H2. The highest BCUT2D eigenvalue weighted by Crippen LogP contribution is 2.20. The molecule has 0 saturated carbocycles. The van der Waals surface area contributed by atoms with E-state index in [1.807, 2.05) is 0 Å². The van der Waals surface area contributed by atoms with Crippen molar-refractivity contribution < 1.29 is 14.3 Å². The number of benzene rings is 1. The molecule has 19 heavy (non-hydrogen) atoms. The van der Waals surface area contributed by atoms with Gasteiger partial charge in [0.05, 0.1) is 10.6 Å². The average molecular weight is 283 g/mol. The van der Waals surface area contributed by atoms with Crippen molar-refractivity contribution in [3.63, 3.8) is 0 Å². The normalized spacial score (nSPS) is 14.5. The molecule has 0 aromatic heterocycles. The molecular formula is C13H15ClN2O3. The second-order valence-electron chi connectivity index (χ2n) is 4.40. The third-order valence-corrected chi connectivity index (χ3v) is 3.31. The zero-order valence-corrected chi connectivity index (χ0v) is 11.2. The maximum absolute atomic E-state index is 11.8. The zero-order valence-electron chi connectivity index (χ0n) is 10.4. The molecule has 1 aromatic carbocycles. The molecule has 0 unspecified atom stereocenters. The maximum Gasteiger partial charge on any atom is 0.340 e. The number of nitrogen functional groups attached to an aromatic ring is 1. The fraction of sp³-hybridized carbons (Fsp3) is 0.385. The molecule has 0 aliphatic carbocycles. The number of halogens is 1. The van der Waals surface area contributed by atoms with Crippen LogP contribution >= 0.6 is 11.6 Å². The van der Waals surface area contributed by atoms with Gasteiger partial charge < -0.3 is 15.4 Å². The molecule has 6 heteroatoms. The minimum absolute atomic E-state index is 0.169. The Morgan fingerprint density at radius 3 is 2.63 bits per heavy atom. The summed E-state index contributed by atoms with van der Waals surface area (Å²) in [6, 6.07) is 4.52. The van der Waals surface area contributed by atoms with Crippen molar-refractivity contribution in [2.24, 2.45) is 0 Å². The van der Waals surface area contributed by atoms with Crippen LogP contribution in [0.5, 0.6) is 0 Å². The summed E-state index contributed by atoms with van der Waals surface area (Å²) in [6.45, 7) is 1.22. The molecule has 1 saturated heterocycles. The lowest BCUT2D eigenvalue weighted by Gasteiger charge is -2.15. The van der Waals surface area contributed by atoms with E-state index in [1.165, 1.54) is 12.1 Å². The first-order chi connectivity index (χ1) is 9.08. The van der Waals surface area contributed by atoms with Gasteiger partial charge in [0, 0.05) is 18.8 Å². The SMILES string of the molecule is Nc1ccc(C(=O)OCC(=O)N2CCCC2)c(Cl)c1. The first-order valence-corrected chi connectivity index (χ1v) is 6.45. The third-order valence-electron chi connectivity index (χ3n) is 3.00. The van der Waals surface area contributed by atoms with Crippen molar-refractivity contribution in [1.82, 2.24) is 4.90 Å². The Bertz CT molecular complexity index is 499. The molecule has 0 bridgehead atoms. The smallest absolute Gasteiger partial charge is 0.340 e. The number of nitrogens with two attached hydrogens (primary N) is 1. The van der Waals surface area contributed by atoms with Crippen LogP contribution < -0.4 is 5.73 Å². The lowest BCUT2D eigenvalue weighted by molar-refractivity contribution is -0.133. The molecule has 2 rings (SSSR count). The molecule has 1 aliphatic rings. The van der Waals surface area contributed by atoms with Crippen LogP contribution in [-0.2, 0) is 9.53 Å². The molecule has 1 aromatic rings. The molecule has 0 atom stereocenters. The Morgan fingerprint density at radius 1 is 1.32 bits per heavy atom. The van der Waals surface area contributed by atoms with E-state index in [2.05, 4.69) is 0 Å². The van der Waals surface area contributed by atoms with Gasteiger partial charge in [-0.25, -0.2) is 4.79 Å². The molecule has 0 spiro atoms. The summed E-state index contributed by atoms with van der Waals surface area (Å²) in [5.74, 6) is -0.782. The summed E-state index contributed by atoms with van der Waals surface area (Å²) < 4.78 is 4.97. The number of carbonyl (C=O) groups excluding carboxylic acids is 2.